The molecule has 2 amide bonds. The number of aryl methyl sites for hydroxylation is 1. The zero-order chi connectivity index (χ0) is 21.5. The highest BCUT2D eigenvalue weighted by Gasteiger charge is 2.24. The molecule has 0 aromatic carbocycles. The van der Waals surface area contributed by atoms with Crippen LogP contribution in [0, 0.1) is 5.92 Å². The molecular formula is C21H36N6O3. The van der Waals surface area contributed by atoms with Crippen LogP contribution in [0.5, 0.6) is 0 Å². The van der Waals surface area contributed by atoms with Crippen molar-refractivity contribution in [3.05, 3.63) is 18.0 Å². The predicted molar refractivity (Wildman–Crippen MR) is 114 cm³/mol. The highest BCUT2D eigenvalue weighted by Crippen LogP contribution is 2.11. The van der Waals surface area contributed by atoms with E-state index in [9.17, 15) is 9.59 Å². The Balaban J connectivity index is 1.32. The van der Waals surface area contributed by atoms with Crippen LogP contribution in [0.3, 0.4) is 0 Å². The van der Waals surface area contributed by atoms with Gasteiger partial charge in [0.2, 0.25) is 5.91 Å². The molecule has 2 aliphatic heterocycles. The fourth-order valence-corrected chi connectivity index (χ4v) is 4.12. The molecule has 1 atom stereocenters. The van der Waals surface area contributed by atoms with E-state index >= 15 is 0 Å². The minimum absolute atomic E-state index is 0.0393. The summed E-state index contributed by atoms with van der Waals surface area (Å²) in [6, 6.07) is 0.139. The van der Waals surface area contributed by atoms with Gasteiger partial charge in [-0.25, -0.2) is 0 Å². The molecule has 1 unspecified atom stereocenters. The van der Waals surface area contributed by atoms with E-state index in [1.165, 1.54) is 0 Å². The molecule has 2 aliphatic rings. The van der Waals surface area contributed by atoms with E-state index in [-0.39, 0.29) is 24.0 Å². The Labute approximate surface area is 179 Å². The Hall–Kier alpha value is -1.97. The van der Waals surface area contributed by atoms with Crippen molar-refractivity contribution >= 4 is 11.8 Å². The van der Waals surface area contributed by atoms with E-state index in [4.69, 9.17) is 4.74 Å². The summed E-state index contributed by atoms with van der Waals surface area (Å²) in [6.07, 6.45) is 5.04. The van der Waals surface area contributed by atoms with Gasteiger partial charge in [-0.1, -0.05) is 13.8 Å². The largest absolute Gasteiger partial charge is 0.374 e. The van der Waals surface area contributed by atoms with Crippen molar-refractivity contribution in [1.82, 2.24) is 30.2 Å². The number of carbonyl (C=O) groups is 2. The Morgan fingerprint density at radius 3 is 2.67 bits per heavy atom. The number of carbonyl (C=O) groups excluding carboxylic acids is 2. The maximum atomic E-state index is 12.4. The summed E-state index contributed by atoms with van der Waals surface area (Å²) >= 11 is 0. The number of hydrogen-bond acceptors (Lipinski definition) is 6. The second-order valence-electron chi connectivity index (χ2n) is 8.88. The smallest absolute Gasteiger partial charge is 0.254 e. The molecule has 0 radical (unpaired) electrons. The number of morpholine rings is 1. The van der Waals surface area contributed by atoms with Crippen molar-refractivity contribution in [2.45, 2.75) is 38.8 Å². The van der Waals surface area contributed by atoms with Crippen LogP contribution in [0.25, 0.3) is 0 Å². The number of hydrogen-bond donors (Lipinski definition) is 2. The predicted octanol–water partition coefficient (Wildman–Crippen LogP) is 0.0873. The minimum atomic E-state index is -0.0849. The van der Waals surface area contributed by atoms with Crippen LogP contribution >= 0.6 is 0 Å². The Morgan fingerprint density at radius 1 is 1.23 bits per heavy atom. The molecule has 3 rings (SSSR count). The molecule has 1 aromatic rings. The zero-order valence-corrected chi connectivity index (χ0v) is 18.5. The Kier molecular flexibility index (Phi) is 8.24. The van der Waals surface area contributed by atoms with Crippen LogP contribution in [0.4, 0.5) is 0 Å². The molecule has 3 heterocycles. The van der Waals surface area contributed by atoms with Gasteiger partial charge < -0.3 is 15.4 Å². The maximum Gasteiger partial charge on any atom is 0.254 e. The maximum absolute atomic E-state index is 12.4. The zero-order valence-electron chi connectivity index (χ0n) is 18.5. The second kappa shape index (κ2) is 10.9. The van der Waals surface area contributed by atoms with Gasteiger partial charge in [-0.3, -0.25) is 24.1 Å². The van der Waals surface area contributed by atoms with Gasteiger partial charge in [-0.2, -0.15) is 5.10 Å². The number of likely N-dealkylation sites (tertiary alicyclic amines) is 1. The van der Waals surface area contributed by atoms with Crippen LogP contribution in [-0.2, 0) is 16.6 Å². The number of rotatable bonds is 8. The molecule has 1 aromatic heterocycles. The van der Waals surface area contributed by atoms with Crippen LogP contribution in [0.2, 0.25) is 0 Å². The second-order valence-corrected chi connectivity index (χ2v) is 8.88. The quantitative estimate of drug-likeness (QED) is 0.619. The summed E-state index contributed by atoms with van der Waals surface area (Å²) in [6.45, 7) is 10.6. The number of aromatic nitrogens is 2. The summed E-state index contributed by atoms with van der Waals surface area (Å²) in [5.41, 5.74) is 0.580. The minimum Gasteiger partial charge on any atom is -0.374 e. The molecule has 2 N–H and O–H groups in total. The lowest BCUT2D eigenvalue weighted by atomic mass is 10.0. The molecule has 168 valence electrons. The van der Waals surface area contributed by atoms with Gasteiger partial charge in [0.05, 0.1) is 31.0 Å². The summed E-state index contributed by atoms with van der Waals surface area (Å²) in [4.78, 5) is 29.2. The lowest BCUT2D eigenvalue weighted by Crippen LogP contribution is -2.50. The third-order valence-electron chi connectivity index (χ3n) is 5.63. The topological polar surface area (TPSA) is 91.7 Å². The summed E-state index contributed by atoms with van der Waals surface area (Å²) < 4.78 is 7.42. The van der Waals surface area contributed by atoms with Gasteiger partial charge in [0.25, 0.3) is 5.91 Å². The average Bonchev–Trinajstić information content (AvgIpc) is 3.14. The van der Waals surface area contributed by atoms with Gasteiger partial charge in [0, 0.05) is 58.6 Å². The first-order valence-corrected chi connectivity index (χ1v) is 11.0. The van der Waals surface area contributed by atoms with Crippen molar-refractivity contribution in [2.75, 3.05) is 52.4 Å². The molecule has 0 saturated carbocycles. The molecule has 2 saturated heterocycles. The van der Waals surface area contributed by atoms with E-state index in [0.717, 1.165) is 52.2 Å². The van der Waals surface area contributed by atoms with Gasteiger partial charge in [0.1, 0.15) is 0 Å². The lowest BCUT2D eigenvalue weighted by Gasteiger charge is -2.34. The van der Waals surface area contributed by atoms with Crippen LogP contribution in [0.1, 0.15) is 37.0 Å². The molecule has 30 heavy (non-hydrogen) atoms. The van der Waals surface area contributed by atoms with Crippen LogP contribution in [0.15, 0.2) is 12.4 Å². The third-order valence-corrected chi connectivity index (χ3v) is 5.63. The van der Waals surface area contributed by atoms with E-state index in [0.29, 0.717) is 24.6 Å². The van der Waals surface area contributed by atoms with E-state index < -0.39 is 0 Å². The van der Waals surface area contributed by atoms with E-state index in [1.807, 2.05) is 0 Å². The molecule has 0 aliphatic carbocycles. The summed E-state index contributed by atoms with van der Waals surface area (Å²) in [7, 11) is 1.79. The van der Waals surface area contributed by atoms with Crippen molar-refractivity contribution in [2.24, 2.45) is 13.0 Å². The van der Waals surface area contributed by atoms with Gasteiger partial charge in [0.15, 0.2) is 0 Å². The van der Waals surface area contributed by atoms with Gasteiger partial charge in [-0.15, -0.1) is 0 Å². The number of piperidine rings is 1. The fourth-order valence-electron chi connectivity index (χ4n) is 4.12. The first-order valence-electron chi connectivity index (χ1n) is 11.0. The van der Waals surface area contributed by atoms with E-state index in [1.54, 1.807) is 24.1 Å². The van der Waals surface area contributed by atoms with Gasteiger partial charge >= 0.3 is 0 Å². The summed E-state index contributed by atoms with van der Waals surface area (Å²) in [5, 5.41) is 10.1. The highest BCUT2D eigenvalue weighted by molar-refractivity contribution is 5.93. The molecule has 9 nitrogen and oxygen atoms in total. The normalized spacial score (nSPS) is 21.7. The number of amides is 2. The Bertz CT molecular complexity index is 699. The molecule has 0 spiro atoms. The number of nitrogens with zero attached hydrogens (tertiary/aromatic N) is 4. The Morgan fingerprint density at radius 2 is 2.00 bits per heavy atom. The van der Waals surface area contributed by atoms with Crippen LogP contribution in [-0.4, -0.2) is 96.0 Å². The first-order chi connectivity index (χ1) is 14.4. The van der Waals surface area contributed by atoms with Crippen molar-refractivity contribution in [3.63, 3.8) is 0 Å². The van der Waals surface area contributed by atoms with Crippen molar-refractivity contribution in [3.8, 4) is 0 Å². The van der Waals surface area contributed by atoms with Crippen molar-refractivity contribution < 1.29 is 14.3 Å². The molecule has 2 fully saturated rings. The van der Waals surface area contributed by atoms with Crippen molar-refractivity contribution in [1.29, 1.82) is 0 Å². The monoisotopic (exact) mass is 420 g/mol. The standard InChI is InChI=1S/C21H36N6O3/c1-16(2)12-27-8-9-30-19(14-27)11-22-20(28)15-26-6-4-18(5-7-26)24-21(29)17-10-23-25(3)13-17/h10,13,16,18-19H,4-9,11-12,14-15H2,1-3H3,(H,22,28)(H,24,29). The summed E-state index contributed by atoms with van der Waals surface area (Å²) in [5.74, 6) is 0.589. The SMILES string of the molecule is CC(C)CN1CCOC(CNC(=O)CN2CCC(NC(=O)c3cnn(C)c3)CC2)C1. The number of ether oxygens (including phenoxy) is 1. The molecule has 9 heteroatoms. The van der Waals surface area contributed by atoms with Gasteiger partial charge in [-0.05, 0) is 18.8 Å². The average molecular weight is 421 g/mol. The van der Waals surface area contributed by atoms with Crippen LogP contribution < -0.4 is 10.6 Å². The first kappa shape index (κ1) is 22.7. The molecule has 0 bridgehead atoms. The fraction of sp³-hybridized carbons (Fsp3) is 0.762. The molecular weight excluding hydrogens is 384 g/mol. The number of nitrogens with one attached hydrogen (secondary N) is 2. The highest BCUT2D eigenvalue weighted by atomic mass is 16.5. The lowest BCUT2D eigenvalue weighted by molar-refractivity contribution is -0.123. The third kappa shape index (κ3) is 7.07. The van der Waals surface area contributed by atoms with E-state index in [2.05, 4.69) is 39.4 Å².